The van der Waals surface area contributed by atoms with Gasteiger partial charge < -0.3 is 4.74 Å². The summed E-state index contributed by atoms with van der Waals surface area (Å²) in [5, 5.41) is 0. The first-order valence-electron chi connectivity index (χ1n) is 12.3. The van der Waals surface area contributed by atoms with Crippen molar-refractivity contribution in [3.63, 3.8) is 0 Å². The number of hydrogen-bond acceptors (Lipinski definition) is 1. The molecule has 3 aromatic carbocycles. The van der Waals surface area contributed by atoms with E-state index < -0.39 is 11.6 Å². The molecule has 1 nitrogen and oxygen atoms in total. The van der Waals surface area contributed by atoms with Gasteiger partial charge in [0.1, 0.15) is 5.82 Å². The smallest absolute Gasteiger partial charge is 0.201 e. The normalized spacial score (nSPS) is 15.9. The van der Waals surface area contributed by atoms with E-state index >= 15 is 4.39 Å². The average molecular weight is 477 g/mol. The highest BCUT2D eigenvalue weighted by atomic mass is 19.2. The Kier molecular flexibility index (Phi) is 8.12. The Hall–Kier alpha value is -3.27. The van der Waals surface area contributed by atoms with Crippen molar-refractivity contribution < 1.29 is 17.9 Å². The van der Waals surface area contributed by atoms with Crippen molar-refractivity contribution in [3.05, 3.63) is 95.8 Å². The van der Waals surface area contributed by atoms with Crippen LogP contribution in [-0.4, -0.2) is 6.61 Å². The van der Waals surface area contributed by atoms with Crippen LogP contribution in [0.5, 0.6) is 5.75 Å². The van der Waals surface area contributed by atoms with Gasteiger partial charge in [0.2, 0.25) is 5.82 Å². The Bertz CT molecular complexity index is 1220. The molecule has 35 heavy (non-hydrogen) atoms. The number of rotatable bonds is 8. The maximum absolute atomic E-state index is 15.1. The molecule has 182 valence electrons. The van der Waals surface area contributed by atoms with Crippen LogP contribution < -0.4 is 4.74 Å². The molecule has 4 rings (SSSR count). The van der Waals surface area contributed by atoms with Crippen LogP contribution in [0.1, 0.15) is 51.5 Å². The summed E-state index contributed by atoms with van der Waals surface area (Å²) in [6, 6.07) is 15.1. The molecule has 0 aromatic heterocycles. The summed E-state index contributed by atoms with van der Waals surface area (Å²) in [5.74, 6) is -1.65. The molecule has 0 spiro atoms. The van der Waals surface area contributed by atoms with E-state index in [0.29, 0.717) is 22.6 Å². The van der Waals surface area contributed by atoms with Gasteiger partial charge in [0.15, 0.2) is 11.6 Å². The van der Waals surface area contributed by atoms with Crippen molar-refractivity contribution in [2.45, 2.75) is 46.0 Å². The van der Waals surface area contributed by atoms with Gasteiger partial charge in [-0.1, -0.05) is 54.6 Å². The van der Waals surface area contributed by atoms with E-state index in [2.05, 4.69) is 18.2 Å². The van der Waals surface area contributed by atoms with Crippen LogP contribution in [0, 0.1) is 23.4 Å². The van der Waals surface area contributed by atoms with E-state index in [-0.39, 0.29) is 23.7 Å². The Morgan fingerprint density at radius 3 is 2.20 bits per heavy atom. The lowest BCUT2D eigenvalue weighted by molar-refractivity contribution is 0.314. The minimum absolute atomic E-state index is 0.107. The minimum Gasteiger partial charge on any atom is -0.491 e. The summed E-state index contributed by atoms with van der Waals surface area (Å²) in [5.41, 5.74) is 3.97. The number of ether oxygens (including phenoxy) is 1. The van der Waals surface area contributed by atoms with Gasteiger partial charge in [0, 0.05) is 11.1 Å². The molecule has 1 atom stereocenters. The van der Waals surface area contributed by atoms with E-state index in [1.54, 1.807) is 43.3 Å². The molecule has 3 aromatic rings. The minimum atomic E-state index is -1.00. The maximum atomic E-state index is 15.1. The third-order valence-electron chi connectivity index (χ3n) is 6.69. The van der Waals surface area contributed by atoms with Gasteiger partial charge >= 0.3 is 0 Å². The fraction of sp³-hybridized carbons (Fsp3) is 0.290. The second-order valence-electron chi connectivity index (χ2n) is 8.96. The van der Waals surface area contributed by atoms with Gasteiger partial charge in [0.25, 0.3) is 0 Å². The molecule has 0 saturated carbocycles. The van der Waals surface area contributed by atoms with Crippen LogP contribution in [0.2, 0.25) is 0 Å². The van der Waals surface area contributed by atoms with Gasteiger partial charge in [-0.25, -0.2) is 8.78 Å². The molecule has 0 heterocycles. The molecule has 0 amide bonds. The summed E-state index contributed by atoms with van der Waals surface area (Å²) in [6.45, 7) is 4.02. The Balaban J connectivity index is 1.49. The van der Waals surface area contributed by atoms with Gasteiger partial charge in [-0.15, -0.1) is 0 Å². The maximum Gasteiger partial charge on any atom is 0.201 e. The van der Waals surface area contributed by atoms with Crippen molar-refractivity contribution in [1.29, 1.82) is 0 Å². The second-order valence-corrected chi connectivity index (χ2v) is 8.96. The van der Waals surface area contributed by atoms with Crippen molar-refractivity contribution in [2.75, 3.05) is 6.61 Å². The van der Waals surface area contributed by atoms with Gasteiger partial charge in [0.05, 0.1) is 6.61 Å². The Morgan fingerprint density at radius 1 is 0.886 bits per heavy atom. The van der Waals surface area contributed by atoms with E-state index in [0.717, 1.165) is 31.2 Å². The summed E-state index contributed by atoms with van der Waals surface area (Å²) < 4.78 is 49.0. The molecule has 1 aliphatic carbocycles. The first-order valence-corrected chi connectivity index (χ1v) is 12.3. The average Bonchev–Trinajstić information content (AvgIpc) is 2.88. The number of benzene rings is 3. The van der Waals surface area contributed by atoms with Gasteiger partial charge in [-0.2, -0.15) is 4.39 Å². The number of allylic oxidation sites excluding steroid dienone is 4. The molecule has 4 heteroatoms. The summed E-state index contributed by atoms with van der Waals surface area (Å²) in [7, 11) is 0. The molecule has 0 N–H and O–H groups in total. The summed E-state index contributed by atoms with van der Waals surface area (Å²) in [4.78, 5) is 0. The van der Waals surface area contributed by atoms with E-state index in [9.17, 15) is 8.78 Å². The fourth-order valence-corrected chi connectivity index (χ4v) is 4.71. The lowest BCUT2D eigenvalue weighted by Crippen LogP contribution is -2.05. The first-order chi connectivity index (χ1) is 17.0. The highest BCUT2D eigenvalue weighted by Gasteiger charge is 2.18. The zero-order chi connectivity index (χ0) is 24.8. The van der Waals surface area contributed by atoms with Crippen molar-refractivity contribution >= 4 is 5.57 Å². The molecule has 1 unspecified atom stereocenters. The SMILES string of the molecule is CC=CCCC1CC=C(c2ccc(-c3ccc(-c4ccc(OCC)c(F)c4F)cc3)c(F)c2)CC1. The zero-order valence-corrected chi connectivity index (χ0v) is 20.3. The Morgan fingerprint density at radius 2 is 1.57 bits per heavy atom. The molecule has 0 aliphatic heterocycles. The first kappa shape index (κ1) is 24.8. The van der Waals surface area contributed by atoms with E-state index in [4.69, 9.17) is 4.74 Å². The molecule has 0 fully saturated rings. The molecular formula is C31H31F3O. The summed E-state index contributed by atoms with van der Waals surface area (Å²) >= 11 is 0. The van der Waals surface area contributed by atoms with Crippen LogP contribution in [0.3, 0.4) is 0 Å². The topological polar surface area (TPSA) is 9.23 Å². The largest absolute Gasteiger partial charge is 0.491 e. The standard InChI is InChI=1S/C31H31F3O/c1-3-5-6-7-21-8-10-22(11-9-21)25-16-17-26(28(32)20-25)23-12-14-24(15-13-23)27-18-19-29(35-4-2)31(34)30(27)33/h3,5,10,12-21H,4,6-9,11H2,1-2H3. The molecule has 0 radical (unpaired) electrons. The fourth-order valence-electron chi connectivity index (χ4n) is 4.71. The lowest BCUT2D eigenvalue weighted by Gasteiger charge is -2.22. The summed E-state index contributed by atoms with van der Waals surface area (Å²) in [6.07, 6.45) is 12.0. The highest BCUT2D eigenvalue weighted by Crippen LogP contribution is 2.35. The zero-order valence-electron chi connectivity index (χ0n) is 20.3. The van der Waals surface area contributed by atoms with Gasteiger partial charge in [-0.05, 0) is 92.3 Å². The van der Waals surface area contributed by atoms with Crippen LogP contribution >= 0.6 is 0 Å². The number of halogens is 3. The molecular weight excluding hydrogens is 445 g/mol. The third-order valence-corrected chi connectivity index (χ3v) is 6.69. The van der Waals surface area contributed by atoms with Crippen molar-refractivity contribution in [3.8, 4) is 28.0 Å². The quantitative estimate of drug-likeness (QED) is 0.294. The van der Waals surface area contributed by atoms with Crippen LogP contribution in [-0.2, 0) is 0 Å². The van der Waals surface area contributed by atoms with E-state index in [1.165, 1.54) is 24.1 Å². The van der Waals surface area contributed by atoms with Gasteiger partial charge in [-0.3, -0.25) is 0 Å². The van der Waals surface area contributed by atoms with Crippen LogP contribution in [0.4, 0.5) is 13.2 Å². The monoisotopic (exact) mass is 476 g/mol. The lowest BCUT2D eigenvalue weighted by atomic mass is 9.84. The van der Waals surface area contributed by atoms with Crippen molar-refractivity contribution in [2.24, 2.45) is 5.92 Å². The highest BCUT2D eigenvalue weighted by molar-refractivity contribution is 5.74. The molecule has 1 aliphatic rings. The van der Waals surface area contributed by atoms with Crippen LogP contribution in [0.25, 0.3) is 27.8 Å². The predicted octanol–water partition coefficient (Wildman–Crippen LogP) is 9.38. The van der Waals surface area contributed by atoms with E-state index in [1.807, 2.05) is 13.0 Å². The predicted molar refractivity (Wildman–Crippen MR) is 138 cm³/mol. The molecule has 0 bridgehead atoms. The number of hydrogen-bond donors (Lipinski definition) is 0. The van der Waals surface area contributed by atoms with Crippen molar-refractivity contribution in [1.82, 2.24) is 0 Å². The Labute approximate surface area is 206 Å². The molecule has 0 saturated heterocycles. The van der Waals surface area contributed by atoms with Crippen LogP contribution in [0.15, 0.2) is 72.8 Å². The third kappa shape index (κ3) is 5.70. The second kappa shape index (κ2) is 11.4.